The van der Waals surface area contributed by atoms with E-state index in [2.05, 4.69) is 29.2 Å². The number of benzene rings is 1. The fourth-order valence-corrected chi connectivity index (χ4v) is 3.67. The maximum absolute atomic E-state index is 12.1. The van der Waals surface area contributed by atoms with Gasteiger partial charge in [-0.2, -0.15) is 0 Å². The van der Waals surface area contributed by atoms with Crippen LogP contribution in [-0.4, -0.2) is 94.7 Å². The molecule has 1 aromatic carbocycles. The van der Waals surface area contributed by atoms with Gasteiger partial charge in [-0.15, -0.1) is 0 Å². The quantitative estimate of drug-likeness (QED) is 0.404. The first-order valence-electron chi connectivity index (χ1n) is 11.0. The van der Waals surface area contributed by atoms with Gasteiger partial charge in [0, 0.05) is 46.3 Å². The Labute approximate surface area is 181 Å². The molecule has 1 saturated heterocycles. The summed E-state index contributed by atoms with van der Waals surface area (Å²) in [6.45, 7) is 9.20. The molecule has 0 spiro atoms. The van der Waals surface area contributed by atoms with E-state index < -0.39 is 0 Å². The molecule has 1 aliphatic heterocycles. The van der Waals surface area contributed by atoms with Gasteiger partial charge in [-0.3, -0.25) is 9.69 Å². The van der Waals surface area contributed by atoms with Gasteiger partial charge < -0.3 is 23.8 Å². The van der Waals surface area contributed by atoms with Gasteiger partial charge in [-0.1, -0.05) is 30.3 Å². The standard InChI is InChI=1S/C23H38N2O5/c1-21(26)25(12-13-28-16-17-30-19-18-29-15-14-27-2)23-8-10-24(11-9-23)20-22-6-4-3-5-7-22/h3-7,23H,8-20H2,1-2H3. The Kier molecular flexibility index (Phi) is 12.6. The fourth-order valence-electron chi connectivity index (χ4n) is 3.67. The van der Waals surface area contributed by atoms with Crippen LogP contribution in [-0.2, 0) is 30.3 Å². The fraction of sp³-hybridized carbons (Fsp3) is 0.696. The minimum Gasteiger partial charge on any atom is -0.382 e. The molecule has 0 aromatic heterocycles. The molecule has 1 heterocycles. The SMILES string of the molecule is COCCOCCOCCOCCN(C(C)=O)C1CCN(Cc2ccccc2)CC1. The average molecular weight is 423 g/mol. The number of piperidine rings is 1. The Balaban J connectivity index is 1.55. The van der Waals surface area contributed by atoms with Crippen molar-refractivity contribution in [1.82, 2.24) is 9.80 Å². The number of ether oxygens (including phenoxy) is 4. The molecule has 1 aromatic rings. The van der Waals surface area contributed by atoms with Crippen LogP contribution >= 0.6 is 0 Å². The highest BCUT2D eigenvalue weighted by Gasteiger charge is 2.26. The van der Waals surface area contributed by atoms with Gasteiger partial charge in [0.15, 0.2) is 0 Å². The van der Waals surface area contributed by atoms with Crippen molar-refractivity contribution in [3.8, 4) is 0 Å². The zero-order valence-corrected chi connectivity index (χ0v) is 18.6. The molecule has 0 atom stereocenters. The molecule has 0 radical (unpaired) electrons. The second-order valence-corrected chi connectivity index (χ2v) is 7.54. The first-order valence-corrected chi connectivity index (χ1v) is 11.0. The van der Waals surface area contributed by atoms with Gasteiger partial charge in [0.25, 0.3) is 0 Å². The van der Waals surface area contributed by atoms with E-state index in [0.29, 0.717) is 58.8 Å². The molecule has 2 rings (SSSR count). The van der Waals surface area contributed by atoms with Gasteiger partial charge in [-0.25, -0.2) is 0 Å². The summed E-state index contributed by atoms with van der Waals surface area (Å²) in [7, 11) is 1.65. The van der Waals surface area contributed by atoms with Crippen molar-refractivity contribution in [3.05, 3.63) is 35.9 Å². The van der Waals surface area contributed by atoms with Crippen LogP contribution in [0.4, 0.5) is 0 Å². The molecular formula is C23H38N2O5. The number of hydrogen-bond acceptors (Lipinski definition) is 6. The number of amides is 1. The zero-order valence-electron chi connectivity index (χ0n) is 18.6. The van der Waals surface area contributed by atoms with Gasteiger partial charge in [0.05, 0.1) is 46.2 Å². The van der Waals surface area contributed by atoms with E-state index in [4.69, 9.17) is 18.9 Å². The van der Waals surface area contributed by atoms with Crippen LogP contribution in [0.5, 0.6) is 0 Å². The molecule has 7 heteroatoms. The molecule has 1 aliphatic rings. The van der Waals surface area contributed by atoms with E-state index in [1.165, 1.54) is 5.56 Å². The van der Waals surface area contributed by atoms with Gasteiger partial charge in [-0.05, 0) is 18.4 Å². The molecule has 7 nitrogen and oxygen atoms in total. The maximum atomic E-state index is 12.1. The van der Waals surface area contributed by atoms with Crippen LogP contribution in [0.15, 0.2) is 30.3 Å². The number of carbonyl (C=O) groups excluding carboxylic acids is 1. The third-order valence-electron chi connectivity index (χ3n) is 5.30. The van der Waals surface area contributed by atoms with E-state index in [-0.39, 0.29) is 5.91 Å². The maximum Gasteiger partial charge on any atom is 0.219 e. The van der Waals surface area contributed by atoms with Crippen LogP contribution < -0.4 is 0 Å². The highest BCUT2D eigenvalue weighted by molar-refractivity contribution is 5.73. The van der Waals surface area contributed by atoms with Crippen LogP contribution in [0.25, 0.3) is 0 Å². The summed E-state index contributed by atoms with van der Waals surface area (Å²) >= 11 is 0. The minimum absolute atomic E-state index is 0.129. The summed E-state index contributed by atoms with van der Waals surface area (Å²) in [4.78, 5) is 16.6. The number of hydrogen-bond donors (Lipinski definition) is 0. The van der Waals surface area contributed by atoms with Crippen molar-refractivity contribution in [1.29, 1.82) is 0 Å². The molecule has 170 valence electrons. The van der Waals surface area contributed by atoms with Gasteiger partial charge in [0.1, 0.15) is 0 Å². The smallest absolute Gasteiger partial charge is 0.219 e. The normalized spacial score (nSPS) is 15.4. The molecule has 0 bridgehead atoms. The van der Waals surface area contributed by atoms with Crippen LogP contribution in [0.1, 0.15) is 25.3 Å². The highest BCUT2D eigenvalue weighted by atomic mass is 16.6. The van der Waals surface area contributed by atoms with Crippen molar-refractivity contribution in [2.75, 3.05) is 73.0 Å². The highest BCUT2D eigenvalue weighted by Crippen LogP contribution is 2.18. The number of likely N-dealkylation sites (tertiary alicyclic amines) is 1. The lowest BCUT2D eigenvalue weighted by atomic mass is 10.0. The summed E-state index contributed by atoms with van der Waals surface area (Å²) < 4.78 is 21.4. The third kappa shape index (κ3) is 10.00. The lowest BCUT2D eigenvalue weighted by molar-refractivity contribution is -0.133. The lowest BCUT2D eigenvalue weighted by Crippen LogP contribution is -2.47. The summed E-state index contributed by atoms with van der Waals surface area (Å²) in [6.07, 6.45) is 2.02. The molecule has 1 amide bonds. The van der Waals surface area contributed by atoms with Crippen molar-refractivity contribution in [3.63, 3.8) is 0 Å². The number of carbonyl (C=O) groups is 1. The second-order valence-electron chi connectivity index (χ2n) is 7.54. The zero-order chi connectivity index (χ0) is 21.4. The van der Waals surface area contributed by atoms with Crippen LogP contribution in [0, 0.1) is 0 Å². The Morgan fingerprint density at radius 3 is 2.07 bits per heavy atom. The molecule has 0 aliphatic carbocycles. The predicted octanol–water partition coefficient (Wildman–Crippen LogP) is 2.20. The van der Waals surface area contributed by atoms with Gasteiger partial charge in [0.2, 0.25) is 5.91 Å². The largest absolute Gasteiger partial charge is 0.382 e. The molecule has 0 saturated carbocycles. The minimum atomic E-state index is 0.129. The third-order valence-corrected chi connectivity index (χ3v) is 5.30. The van der Waals surface area contributed by atoms with E-state index in [9.17, 15) is 4.79 Å². The molecule has 0 N–H and O–H groups in total. The number of nitrogens with zero attached hydrogens (tertiary/aromatic N) is 2. The Morgan fingerprint density at radius 1 is 0.933 bits per heavy atom. The summed E-state index contributed by atoms with van der Waals surface area (Å²) in [6, 6.07) is 10.9. The van der Waals surface area contributed by atoms with E-state index in [1.54, 1.807) is 14.0 Å². The molecule has 0 unspecified atom stereocenters. The molecule has 1 fully saturated rings. The van der Waals surface area contributed by atoms with Crippen molar-refractivity contribution < 1.29 is 23.7 Å². The molecule has 30 heavy (non-hydrogen) atoms. The predicted molar refractivity (Wildman–Crippen MR) is 116 cm³/mol. The Bertz CT molecular complexity index is 564. The number of rotatable bonds is 15. The lowest BCUT2D eigenvalue weighted by Gasteiger charge is -2.38. The Hall–Kier alpha value is -1.51. The van der Waals surface area contributed by atoms with E-state index in [1.807, 2.05) is 11.0 Å². The van der Waals surface area contributed by atoms with E-state index >= 15 is 0 Å². The van der Waals surface area contributed by atoms with Crippen LogP contribution in [0.2, 0.25) is 0 Å². The van der Waals surface area contributed by atoms with Crippen molar-refractivity contribution in [2.24, 2.45) is 0 Å². The first kappa shape index (κ1) is 24.8. The monoisotopic (exact) mass is 422 g/mol. The van der Waals surface area contributed by atoms with E-state index in [0.717, 1.165) is 32.5 Å². The topological polar surface area (TPSA) is 60.5 Å². The van der Waals surface area contributed by atoms with Crippen molar-refractivity contribution >= 4 is 5.91 Å². The molecular weight excluding hydrogens is 384 g/mol. The number of methoxy groups -OCH3 is 1. The van der Waals surface area contributed by atoms with Gasteiger partial charge >= 0.3 is 0 Å². The average Bonchev–Trinajstić information content (AvgIpc) is 2.76. The van der Waals surface area contributed by atoms with Crippen molar-refractivity contribution in [2.45, 2.75) is 32.4 Å². The summed E-state index contributed by atoms with van der Waals surface area (Å²) in [5, 5.41) is 0. The first-order chi connectivity index (χ1) is 14.7. The van der Waals surface area contributed by atoms with Crippen LogP contribution in [0.3, 0.4) is 0 Å². The summed E-state index contributed by atoms with van der Waals surface area (Å²) in [5.74, 6) is 0.129. The summed E-state index contributed by atoms with van der Waals surface area (Å²) in [5.41, 5.74) is 1.34. The Morgan fingerprint density at radius 2 is 1.50 bits per heavy atom. The second kappa shape index (κ2) is 15.3.